The summed E-state index contributed by atoms with van der Waals surface area (Å²) in [6.07, 6.45) is 10.7. The number of ether oxygens (including phenoxy) is 1. The molecule has 2 N–H and O–H groups in total. The van der Waals surface area contributed by atoms with E-state index in [1.54, 1.807) is 0 Å². The summed E-state index contributed by atoms with van der Waals surface area (Å²) in [5.41, 5.74) is 0. The van der Waals surface area contributed by atoms with Gasteiger partial charge in [0.25, 0.3) is 0 Å². The molecule has 1 saturated carbocycles. The molecule has 0 bridgehead atoms. The Balaban J connectivity index is 1.50. The van der Waals surface area contributed by atoms with E-state index >= 15 is 0 Å². The molecule has 0 aromatic carbocycles. The van der Waals surface area contributed by atoms with E-state index < -0.39 is 0 Å². The minimum atomic E-state index is 0.518. The number of aliphatic imine (C=N–C) groups is 1. The topological polar surface area (TPSA) is 45.7 Å². The molecule has 5 heteroatoms. The molecule has 0 saturated heterocycles. The summed E-state index contributed by atoms with van der Waals surface area (Å²) in [5, 5.41) is 6.75. The molecule has 1 aromatic heterocycles. The molecule has 24 heavy (non-hydrogen) atoms. The van der Waals surface area contributed by atoms with Gasteiger partial charge in [-0.25, -0.2) is 0 Å². The normalized spacial score (nSPS) is 16.8. The number of hydrogen-bond donors (Lipinski definition) is 2. The van der Waals surface area contributed by atoms with E-state index in [0.29, 0.717) is 6.10 Å². The van der Waals surface area contributed by atoms with E-state index in [1.165, 1.54) is 48.3 Å². The van der Waals surface area contributed by atoms with Gasteiger partial charge in [-0.2, -0.15) is 0 Å². The van der Waals surface area contributed by atoms with Gasteiger partial charge in [-0.15, -0.1) is 11.3 Å². The number of nitrogens with zero attached hydrogens (tertiary/aromatic N) is 1. The van der Waals surface area contributed by atoms with Gasteiger partial charge in [-0.05, 0) is 44.7 Å². The van der Waals surface area contributed by atoms with E-state index in [-0.39, 0.29) is 0 Å². The van der Waals surface area contributed by atoms with Crippen LogP contribution in [0.3, 0.4) is 0 Å². The fraction of sp³-hybridized carbons (Fsp3) is 0.737. The van der Waals surface area contributed by atoms with Gasteiger partial charge in [0.2, 0.25) is 0 Å². The van der Waals surface area contributed by atoms with Crippen molar-refractivity contribution in [2.75, 3.05) is 20.2 Å². The number of unbranched alkanes of at least 4 members (excludes halogenated alkanes) is 1. The maximum atomic E-state index is 6.03. The lowest BCUT2D eigenvalue weighted by Crippen LogP contribution is -2.37. The van der Waals surface area contributed by atoms with Crippen LogP contribution in [0.5, 0.6) is 0 Å². The van der Waals surface area contributed by atoms with Crippen molar-refractivity contribution in [1.82, 2.24) is 10.6 Å². The predicted molar refractivity (Wildman–Crippen MR) is 104 cm³/mol. The van der Waals surface area contributed by atoms with Crippen LogP contribution in [-0.2, 0) is 11.3 Å². The van der Waals surface area contributed by atoms with Gasteiger partial charge in [0.15, 0.2) is 5.96 Å². The zero-order valence-corrected chi connectivity index (χ0v) is 16.1. The minimum Gasteiger partial charge on any atom is -0.378 e. The Kier molecular flexibility index (Phi) is 9.21. The number of nitrogens with one attached hydrogen (secondary N) is 2. The van der Waals surface area contributed by atoms with Gasteiger partial charge in [-0.3, -0.25) is 4.99 Å². The molecule has 2 rings (SSSR count). The third-order valence-electron chi connectivity index (χ3n) is 4.47. The van der Waals surface area contributed by atoms with E-state index in [1.807, 2.05) is 18.4 Å². The molecule has 0 unspecified atom stereocenters. The second-order valence-corrected chi connectivity index (χ2v) is 7.93. The first-order valence-corrected chi connectivity index (χ1v) is 10.2. The molecule has 0 spiro atoms. The second kappa shape index (κ2) is 11.5. The quantitative estimate of drug-likeness (QED) is 0.319. The van der Waals surface area contributed by atoms with Gasteiger partial charge in [0, 0.05) is 30.0 Å². The third-order valence-corrected chi connectivity index (χ3v) is 5.47. The molecule has 4 nitrogen and oxygen atoms in total. The Bertz CT molecular complexity index is 479. The molecule has 1 heterocycles. The standard InChI is InChI=1S/C19H33N3OS/c1-16-11-12-18(24-16)15-22-19(20-2)21-13-7-8-14-23-17-9-5-3-4-6-10-17/h11-12,17H,3-10,13-15H2,1-2H3,(H2,20,21,22). The lowest BCUT2D eigenvalue weighted by atomic mass is 10.1. The lowest BCUT2D eigenvalue weighted by Gasteiger charge is -2.15. The highest BCUT2D eigenvalue weighted by atomic mass is 32.1. The van der Waals surface area contributed by atoms with Crippen molar-refractivity contribution in [3.05, 3.63) is 21.9 Å². The molecule has 0 amide bonds. The monoisotopic (exact) mass is 351 g/mol. The summed E-state index contributed by atoms with van der Waals surface area (Å²) in [7, 11) is 1.82. The number of aryl methyl sites for hydroxylation is 1. The van der Waals surface area contributed by atoms with Crippen molar-refractivity contribution in [3.8, 4) is 0 Å². The van der Waals surface area contributed by atoms with Crippen LogP contribution in [0.1, 0.15) is 61.1 Å². The third kappa shape index (κ3) is 7.67. The van der Waals surface area contributed by atoms with E-state index in [2.05, 4.69) is 34.7 Å². The zero-order chi connectivity index (χ0) is 17.0. The van der Waals surface area contributed by atoms with Crippen LogP contribution >= 0.6 is 11.3 Å². The van der Waals surface area contributed by atoms with Gasteiger partial charge in [0.1, 0.15) is 0 Å². The average molecular weight is 352 g/mol. The zero-order valence-electron chi connectivity index (χ0n) is 15.3. The summed E-state index contributed by atoms with van der Waals surface area (Å²) in [6, 6.07) is 4.33. The minimum absolute atomic E-state index is 0.518. The Hall–Kier alpha value is -1.07. The van der Waals surface area contributed by atoms with Crippen LogP contribution in [0.15, 0.2) is 17.1 Å². The molecule has 1 aliphatic rings. The van der Waals surface area contributed by atoms with Crippen molar-refractivity contribution in [3.63, 3.8) is 0 Å². The molecule has 1 aromatic rings. The van der Waals surface area contributed by atoms with Crippen molar-refractivity contribution in [1.29, 1.82) is 0 Å². The molecule has 0 radical (unpaired) electrons. The Morgan fingerprint density at radius 3 is 2.62 bits per heavy atom. The van der Waals surface area contributed by atoms with Gasteiger partial charge < -0.3 is 15.4 Å². The molecule has 1 aliphatic carbocycles. The fourth-order valence-electron chi connectivity index (χ4n) is 3.06. The first-order valence-electron chi connectivity index (χ1n) is 9.39. The van der Waals surface area contributed by atoms with Gasteiger partial charge in [0.05, 0.1) is 12.6 Å². The van der Waals surface area contributed by atoms with Crippen molar-refractivity contribution < 1.29 is 4.74 Å². The lowest BCUT2D eigenvalue weighted by molar-refractivity contribution is 0.0411. The van der Waals surface area contributed by atoms with Crippen LogP contribution in [0.2, 0.25) is 0 Å². The molecule has 0 aliphatic heterocycles. The van der Waals surface area contributed by atoms with Crippen molar-refractivity contribution >= 4 is 17.3 Å². The SMILES string of the molecule is CN=C(NCCCCOC1CCCCCC1)NCc1ccc(C)s1. The molecule has 0 atom stereocenters. The largest absolute Gasteiger partial charge is 0.378 e. The van der Waals surface area contributed by atoms with Crippen LogP contribution in [0.4, 0.5) is 0 Å². The number of thiophene rings is 1. The molecular formula is C19H33N3OS. The summed E-state index contributed by atoms with van der Waals surface area (Å²) in [4.78, 5) is 6.97. The summed E-state index contributed by atoms with van der Waals surface area (Å²) in [6.45, 7) is 4.81. The summed E-state index contributed by atoms with van der Waals surface area (Å²) >= 11 is 1.83. The fourth-order valence-corrected chi connectivity index (χ4v) is 3.89. The number of guanidine groups is 1. The summed E-state index contributed by atoms with van der Waals surface area (Å²) in [5.74, 6) is 0.880. The Morgan fingerprint density at radius 1 is 1.17 bits per heavy atom. The van der Waals surface area contributed by atoms with Crippen LogP contribution in [-0.4, -0.2) is 32.3 Å². The predicted octanol–water partition coefficient (Wildman–Crippen LogP) is 4.24. The first-order chi connectivity index (χ1) is 11.8. The van der Waals surface area contributed by atoms with Crippen LogP contribution < -0.4 is 10.6 Å². The van der Waals surface area contributed by atoms with Crippen molar-refractivity contribution in [2.24, 2.45) is 4.99 Å². The maximum Gasteiger partial charge on any atom is 0.191 e. The van der Waals surface area contributed by atoms with E-state index in [0.717, 1.165) is 38.5 Å². The molecule has 1 fully saturated rings. The number of hydrogen-bond acceptors (Lipinski definition) is 3. The van der Waals surface area contributed by atoms with Gasteiger partial charge in [-0.1, -0.05) is 25.7 Å². The highest BCUT2D eigenvalue weighted by molar-refractivity contribution is 7.11. The Morgan fingerprint density at radius 2 is 1.96 bits per heavy atom. The van der Waals surface area contributed by atoms with E-state index in [9.17, 15) is 0 Å². The smallest absolute Gasteiger partial charge is 0.191 e. The van der Waals surface area contributed by atoms with Crippen molar-refractivity contribution in [2.45, 2.75) is 70.9 Å². The summed E-state index contributed by atoms with van der Waals surface area (Å²) < 4.78 is 6.03. The van der Waals surface area contributed by atoms with Crippen LogP contribution in [0, 0.1) is 6.92 Å². The molecule has 136 valence electrons. The number of rotatable bonds is 8. The average Bonchev–Trinajstić information content (AvgIpc) is 2.84. The highest BCUT2D eigenvalue weighted by Crippen LogP contribution is 2.19. The van der Waals surface area contributed by atoms with E-state index in [4.69, 9.17) is 4.74 Å². The highest BCUT2D eigenvalue weighted by Gasteiger charge is 2.11. The second-order valence-electron chi connectivity index (χ2n) is 6.56. The van der Waals surface area contributed by atoms with Crippen LogP contribution in [0.25, 0.3) is 0 Å². The maximum absolute atomic E-state index is 6.03. The van der Waals surface area contributed by atoms with Gasteiger partial charge >= 0.3 is 0 Å². The molecular weight excluding hydrogens is 318 g/mol. The Labute approximate surface area is 151 Å². The first kappa shape index (κ1) is 19.3.